The highest BCUT2D eigenvalue weighted by Crippen LogP contribution is 2.38. The molecule has 1 amide bonds. The first kappa shape index (κ1) is 15.8. The summed E-state index contributed by atoms with van der Waals surface area (Å²) in [6.07, 6.45) is 2.33. The van der Waals surface area contributed by atoms with Crippen LogP contribution in [0.5, 0.6) is 0 Å². The van der Waals surface area contributed by atoms with Crippen molar-refractivity contribution in [1.82, 2.24) is 5.32 Å². The van der Waals surface area contributed by atoms with Crippen molar-refractivity contribution in [3.8, 4) is 0 Å². The lowest BCUT2D eigenvalue weighted by Gasteiger charge is -2.39. The summed E-state index contributed by atoms with van der Waals surface area (Å²) in [6, 6.07) is 12.3. The molecule has 0 spiro atoms. The maximum atomic E-state index is 12.3. The number of aryl methyl sites for hydroxylation is 1. The first-order valence-electron chi connectivity index (χ1n) is 8.40. The Bertz CT molecular complexity index is 724. The predicted octanol–water partition coefficient (Wildman–Crippen LogP) is 3.79. The van der Waals surface area contributed by atoms with Crippen LogP contribution in [0.25, 0.3) is 0 Å². The molecule has 5 heteroatoms. The molecule has 2 aromatic rings. The molecule has 0 unspecified atom stereocenters. The summed E-state index contributed by atoms with van der Waals surface area (Å²) >= 11 is 1.71. The summed E-state index contributed by atoms with van der Waals surface area (Å²) in [5.74, 6) is 2.31. The quantitative estimate of drug-likeness (QED) is 0.839. The van der Waals surface area contributed by atoms with Crippen LogP contribution in [0.4, 0.5) is 0 Å². The van der Waals surface area contributed by atoms with Crippen LogP contribution >= 0.6 is 11.8 Å². The number of fused-ring (bicyclic) bond motifs is 1. The topological polar surface area (TPSA) is 51.5 Å². The van der Waals surface area contributed by atoms with Crippen LogP contribution in [0.15, 0.2) is 45.7 Å². The minimum absolute atomic E-state index is 0.114. The molecule has 1 aliphatic heterocycles. The van der Waals surface area contributed by atoms with E-state index in [1.54, 1.807) is 17.8 Å². The van der Waals surface area contributed by atoms with E-state index in [4.69, 9.17) is 9.15 Å². The van der Waals surface area contributed by atoms with Crippen LogP contribution in [0.2, 0.25) is 0 Å². The van der Waals surface area contributed by atoms with E-state index in [1.165, 1.54) is 10.5 Å². The van der Waals surface area contributed by atoms with Crippen LogP contribution in [0.1, 0.15) is 34.7 Å². The fraction of sp³-hybridized carbons (Fsp3) is 0.421. The molecule has 4 nitrogen and oxygen atoms in total. The Balaban J connectivity index is 1.31. The number of furan rings is 1. The van der Waals surface area contributed by atoms with Crippen molar-refractivity contribution < 1.29 is 13.9 Å². The second kappa shape index (κ2) is 6.65. The molecule has 1 saturated heterocycles. The molecule has 4 rings (SSSR count). The minimum Gasteiger partial charge on any atom is -0.455 e. The third-order valence-electron chi connectivity index (χ3n) is 4.87. The van der Waals surface area contributed by atoms with Crippen molar-refractivity contribution in [3.63, 3.8) is 0 Å². The van der Waals surface area contributed by atoms with E-state index in [0.29, 0.717) is 17.8 Å². The summed E-state index contributed by atoms with van der Waals surface area (Å²) in [6.45, 7) is 2.90. The molecule has 2 heterocycles. The number of nitrogens with one attached hydrogen (secondary N) is 1. The number of rotatable bonds is 5. The van der Waals surface area contributed by atoms with Crippen LogP contribution in [-0.4, -0.2) is 24.7 Å². The molecular weight excluding hydrogens is 322 g/mol. The predicted molar refractivity (Wildman–Crippen MR) is 93.2 cm³/mol. The highest BCUT2D eigenvalue weighted by molar-refractivity contribution is 7.98. The molecule has 1 N–H and O–H groups in total. The van der Waals surface area contributed by atoms with Crippen molar-refractivity contribution >= 4 is 17.7 Å². The Hall–Kier alpha value is -1.72. The number of hydrogen-bond acceptors (Lipinski definition) is 4. The number of thioether (sulfide) groups is 1. The van der Waals surface area contributed by atoms with Gasteiger partial charge in [0.15, 0.2) is 5.76 Å². The van der Waals surface area contributed by atoms with Gasteiger partial charge in [-0.15, -0.1) is 11.8 Å². The van der Waals surface area contributed by atoms with E-state index in [9.17, 15) is 4.79 Å². The maximum absolute atomic E-state index is 12.3. The summed E-state index contributed by atoms with van der Waals surface area (Å²) in [5, 5.41) is 3.08. The smallest absolute Gasteiger partial charge is 0.287 e. The fourth-order valence-electron chi connectivity index (χ4n) is 3.37. The summed E-state index contributed by atoms with van der Waals surface area (Å²) in [5.41, 5.74) is 1.25. The van der Waals surface area contributed by atoms with Gasteiger partial charge in [-0.05, 0) is 44.0 Å². The molecule has 3 atom stereocenters. The number of carbonyl (C=O) groups is 1. The lowest BCUT2D eigenvalue weighted by Crippen LogP contribution is -2.53. The van der Waals surface area contributed by atoms with Crippen molar-refractivity contribution in [2.45, 2.75) is 42.6 Å². The lowest BCUT2D eigenvalue weighted by atomic mass is 9.76. The molecule has 1 aromatic heterocycles. The maximum Gasteiger partial charge on any atom is 0.287 e. The van der Waals surface area contributed by atoms with Gasteiger partial charge in [0.1, 0.15) is 5.76 Å². The lowest BCUT2D eigenvalue weighted by molar-refractivity contribution is 0.00771. The van der Waals surface area contributed by atoms with Gasteiger partial charge < -0.3 is 14.5 Å². The minimum atomic E-state index is -0.114. The van der Waals surface area contributed by atoms with Gasteiger partial charge in [-0.1, -0.05) is 17.7 Å². The molecule has 2 fully saturated rings. The summed E-state index contributed by atoms with van der Waals surface area (Å²) in [4.78, 5) is 13.5. The van der Waals surface area contributed by atoms with E-state index in [-0.39, 0.29) is 11.9 Å². The number of hydrogen-bond donors (Lipinski definition) is 1. The van der Waals surface area contributed by atoms with Crippen LogP contribution < -0.4 is 5.32 Å². The second-order valence-corrected chi connectivity index (χ2v) is 7.59. The Labute approximate surface area is 146 Å². The Morgan fingerprint density at radius 2 is 2.08 bits per heavy atom. The zero-order valence-corrected chi connectivity index (χ0v) is 14.5. The average molecular weight is 343 g/mol. The third-order valence-corrected chi connectivity index (χ3v) is 5.90. The number of ether oxygens (including phenoxy) is 1. The molecule has 126 valence electrons. The Morgan fingerprint density at radius 1 is 1.25 bits per heavy atom. The highest BCUT2D eigenvalue weighted by Gasteiger charge is 2.45. The second-order valence-electron chi connectivity index (χ2n) is 6.55. The van der Waals surface area contributed by atoms with Gasteiger partial charge in [0.05, 0.1) is 11.9 Å². The van der Waals surface area contributed by atoms with Crippen molar-refractivity contribution in [2.24, 2.45) is 5.92 Å². The number of amides is 1. The van der Waals surface area contributed by atoms with E-state index < -0.39 is 0 Å². The van der Waals surface area contributed by atoms with Gasteiger partial charge in [-0.3, -0.25) is 4.79 Å². The monoisotopic (exact) mass is 343 g/mol. The van der Waals surface area contributed by atoms with Crippen molar-refractivity contribution in [3.05, 3.63) is 53.5 Å². The van der Waals surface area contributed by atoms with E-state index >= 15 is 0 Å². The zero-order chi connectivity index (χ0) is 16.5. The van der Waals surface area contributed by atoms with Crippen molar-refractivity contribution in [1.29, 1.82) is 0 Å². The van der Waals surface area contributed by atoms with Gasteiger partial charge in [0.2, 0.25) is 0 Å². The van der Waals surface area contributed by atoms with Gasteiger partial charge in [-0.2, -0.15) is 0 Å². The zero-order valence-electron chi connectivity index (χ0n) is 13.7. The molecule has 0 radical (unpaired) electrons. The van der Waals surface area contributed by atoms with Crippen molar-refractivity contribution in [2.75, 3.05) is 6.61 Å². The molecule has 24 heavy (non-hydrogen) atoms. The molecule has 1 aliphatic carbocycles. The SMILES string of the molecule is Cc1ccc(SCc2ccc(C(=O)N[C@H]3C[C@@H]4OCC[C@H]34)o2)cc1. The highest BCUT2D eigenvalue weighted by atomic mass is 32.2. The first-order valence-corrected chi connectivity index (χ1v) is 9.38. The molecule has 2 aliphatic rings. The average Bonchev–Trinajstić information content (AvgIpc) is 3.19. The normalized spacial score (nSPS) is 25.1. The van der Waals surface area contributed by atoms with Gasteiger partial charge in [0.25, 0.3) is 5.91 Å². The third kappa shape index (κ3) is 3.23. The van der Waals surface area contributed by atoms with Crippen LogP contribution in [0.3, 0.4) is 0 Å². The van der Waals surface area contributed by atoms with E-state index in [2.05, 4.69) is 36.5 Å². The Morgan fingerprint density at radius 3 is 2.88 bits per heavy atom. The summed E-state index contributed by atoms with van der Waals surface area (Å²) in [7, 11) is 0. The summed E-state index contributed by atoms with van der Waals surface area (Å²) < 4.78 is 11.3. The molecule has 1 saturated carbocycles. The number of benzene rings is 1. The van der Waals surface area contributed by atoms with Crippen LogP contribution in [-0.2, 0) is 10.5 Å². The molecular formula is C19H21NO3S. The molecule has 0 bridgehead atoms. The van der Waals surface area contributed by atoms with Crippen LogP contribution in [0, 0.1) is 12.8 Å². The van der Waals surface area contributed by atoms with E-state index in [0.717, 1.165) is 31.0 Å². The Kier molecular flexibility index (Phi) is 4.37. The first-order chi connectivity index (χ1) is 11.7. The fourth-order valence-corrected chi connectivity index (χ4v) is 4.16. The van der Waals surface area contributed by atoms with Gasteiger partial charge in [0, 0.05) is 23.5 Å². The van der Waals surface area contributed by atoms with Gasteiger partial charge in [-0.25, -0.2) is 0 Å². The van der Waals surface area contributed by atoms with Gasteiger partial charge >= 0.3 is 0 Å². The van der Waals surface area contributed by atoms with E-state index in [1.807, 2.05) is 6.07 Å². The molecule has 1 aromatic carbocycles. The standard InChI is InChI=1S/C19H21NO3S/c1-12-2-5-14(6-3-12)24-11-13-4-7-17(23-13)19(21)20-16-10-18-15(16)8-9-22-18/h2-7,15-16,18H,8-11H2,1H3,(H,20,21)/t15-,16+,18+/m1/s1. The number of carbonyl (C=O) groups excluding carboxylic acids is 1. The largest absolute Gasteiger partial charge is 0.455 e.